The predicted octanol–water partition coefficient (Wildman–Crippen LogP) is 3.48. The maximum absolute atomic E-state index is 12.7. The monoisotopic (exact) mass is 465 g/mol. The van der Waals surface area contributed by atoms with Gasteiger partial charge in [-0.15, -0.1) is 10.2 Å². The summed E-state index contributed by atoms with van der Waals surface area (Å²) in [7, 11) is 0. The highest BCUT2D eigenvalue weighted by Crippen LogP contribution is 2.30. The molecule has 10 heteroatoms. The van der Waals surface area contributed by atoms with Gasteiger partial charge >= 0.3 is 0 Å². The number of nitriles is 1. The zero-order valence-electron chi connectivity index (χ0n) is 19.6. The standard InChI is InChI=1S/C25H23N9O/c1-25(2,3)12-20-27-21-19(13-26)28-31-24(35)22(21)34(20)14-15-8-10-16(11-9-15)17-6-4-5-7-18(17)23-29-32-33-30-23/h4-11H,12,14H2,1-3H3,(H,31,35)(H,29,30,32,33). The molecule has 10 nitrogen and oxygen atoms in total. The van der Waals surface area contributed by atoms with E-state index in [0.29, 0.717) is 29.8 Å². The van der Waals surface area contributed by atoms with Gasteiger partial charge in [0, 0.05) is 18.5 Å². The molecule has 0 amide bonds. The molecule has 3 aromatic heterocycles. The molecule has 0 radical (unpaired) electrons. The zero-order valence-corrected chi connectivity index (χ0v) is 19.6. The van der Waals surface area contributed by atoms with Crippen molar-refractivity contribution in [3.05, 3.63) is 76.0 Å². The highest BCUT2D eigenvalue weighted by atomic mass is 16.1. The van der Waals surface area contributed by atoms with Crippen molar-refractivity contribution >= 4 is 11.0 Å². The molecular formula is C25H23N9O. The number of benzene rings is 2. The first-order valence-corrected chi connectivity index (χ1v) is 11.1. The predicted molar refractivity (Wildman–Crippen MR) is 130 cm³/mol. The van der Waals surface area contributed by atoms with Crippen molar-refractivity contribution in [2.24, 2.45) is 5.41 Å². The van der Waals surface area contributed by atoms with Gasteiger partial charge in [-0.05, 0) is 27.3 Å². The average molecular weight is 466 g/mol. The van der Waals surface area contributed by atoms with Crippen LogP contribution in [0.3, 0.4) is 0 Å². The second-order valence-electron chi connectivity index (χ2n) is 9.54. The molecule has 0 unspecified atom stereocenters. The Hall–Kier alpha value is -4.65. The van der Waals surface area contributed by atoms with Crippen LogP contribution in [0.15, 0.2) is 53.3 Å². The van der Waals surface area contributed by atoms with Crippen molar-refractivity contribution in [3.8, 4) is 28.6 Å². The Morgan fingerprint density at radius 2 is 1.77 bits per heavy atom. The van der Waals surface area contributed by atoms with Gasteiger partial charge < -0.3 is 4.57 Å². The van der Waals surface area contributed by atoms with E-state index in [1.807, 2.05) is 59.2 Å². The number of aromatic nitrogens is 8. The van der Waals surface area contributed by atoms with Crippen LogP contribution < -0.4 is 5.56 Å². The summed E-state index contributed by atoms with van der Waals surface area (Å²) in [6, 6.07) is 18.0. The first-order chi connectivity index (χ1) is 16.8. The van der Waals surface area contributed by atoms with Crippen LogP contribution in [0.5, 0.6) is 0 Å². The molecule has 0 bridgehead atoms. The van der Waals surface area contributed by atoms with Gasteiger partial charge in [-0.2, -0.15) is 15.6 Å². The SMILES string of the molecule is CC(C)(C)Cc1nc2c(C#N)n[nH]c(=O)c2n1Cc1ccc(-c2ccccc2-c2nn[nH]n2)cc1. The number of tetrazole rings is 1. The van der Waals surface area contributed by atoms with Crippen LogP contribution in [0.25, 0.3) is 33.5 Å². The number of hydrogen-bond donors (Lipinski definition) is 2. The van der Waals surface area contributed by atoms with Crippen LogP contribution in [0.2, 0.25) is 0 Å². The Balaban J connectivity index is 1.55. The molecule has 0 aliphatic heterocycles. The summed E-state index contributed by atoms with van der Waals surface area (Å²) < 4.78 is 1.89. The first kappa shape index (κ1) is 22.2. The number of H-pyrrole nitrogens is 2. The largest absolute Gasteiger partial charge is 0.319 e. The zero-order chi connectivity index (χ0) is 24.6. The van der Waals surface area contributed by atoms with Crippen LogP contribution in [0.1, 0.15) is 37.9 Å². The molecule has 3 heterocycles. The van der Waals surface area contributed by atoms with E-state index < -0.39 is 0 Å². The van der Waals surface area contributed by atoms with Crippen LogP contribution in [-0.4, -0.2) is 40.4 Å². The van der Waals surface area contributed by atoms with Crippen molar-refractivity contribution in [2.45, 2.75) is 33.7 Å². The number of aromatic amines is 2. The van der Waals surface area contributed by atoms with Crippen LogP contribution in [-0.2, 0) is 13.0 Å². The second kappa shape index (κ2) is 8.61. The molecule has 0 aliphatic rings. The molecule has 0 saturated heterocycles. The minimum atomic E-state index is -0.364. The van der Waals surface area contributed by atoms with Gasteiger partial charge in [-0.25, -0.2) is 10.1 Å². The minimum absolute atomic E-state index is 0.0607. The Morgan fingerprint density at radius 1 is 1.03 bits per heavy atom. The van der Waals surface area contributed by atoms with Crippen LogP contribution in [0, 0.1) is 16.7 Å². The summed E-state index contributed by atoms with van der Waals surface area (Å²) in [5.74, 6) is 1.27. The smallest absolute Gasteiger partial charge is 0.290 e. The molecule has 0 fully saturated rings. The van der Waals surface area contributed by atoms with Crippen molar-refractivity contribution in [1.82, 2.24) is 40.4 Å². The van der Waals surface area contributed by atoms with E-state index in [4.69, 9.17) is 0 Å². The molecule has 174 valence electrons. The molecule has 0 aliphatic carbocycles. The highest BCUT2D eigenvalue weighted by Gasteiger charge is 2.22. The van der Waals surface area contributed by atoms with Gasteiger partial charge in [0.05, 0.1) is 0 Å². The van der Waals surface area contributed by atoms with Gasteiger partial charge in [-0.1, -0.05) is 69.3 Å². The van der Waals surface area contributed by atoms with E-state index in [1.165, 1.54) is 0 Å². The van der Waals surface area contributed by atoms with E-state index in [-0.39, 0.29) is 16.7 Å². The molecule has 0 saturated carbocycles. The molecule has 5 aromatic rings. The lowest BCUT2D eigenvalue weighted by Gasteiger charge is -2.19. The van der Waals surface area contributed by atoms with Gasteiger partial charge in [0.2, 0.25) is 5.82 Å². The second-order valence-corrected chi connectivity index (χ2v) is 9.54. The Labute approximate surface area is 200 Å². The highest BCUT2D eigenvalue weighted by molar-refractivity contribution is 5.81. The van der Waals surface area contributed by atoms with Crippen LogP contribution in [0.4, 0.5) is 0 Å². The summed E-state index contributed by atoms with van der Waals surface area (Å²) in [6.45, 7) is 6.77. The number of fused-ring (bicyclic) bond motifs is 1. The maximum atomic E-state index is 12.7. The first-order valence-electron chi connectivity index (χ1n) is 11.1. The third-order valence-electron chi connectivity index (χ3n) is 5.67. The Bertz CT molecular complexity index is 1600. The number of imidazole rings is 1. The van der Waals surface area contributed by atoms with Crippen molar-refractivity contribution in [1.29, 1.82) is 5.26 Å². The number of rotatable bonds is 5. The van der Waals surface area contributed by atoms with Crippen LogP contribution >= 0.6 is 0 Å². The summed E-state index contributed by atoms with van der Waals surface area (Å²) in [6.07, 6.45) is 0.641. The Kier molecular flexibility index (Phi) is 5.45. The van der Waals surface area contributed by atoms with Gasteiger partial charge in [0.15, 0.2) is 5.69 Å². The molecule has 0 atom stereocenters. The summed E-state index contributed by atoms with van der Waals surface area (Å²) in [4.78, 5) is 17.4. The van der Waals surface area contributed by atoms with Gasteiger partial charge in [0.1, 0.15) is 22.9 Å². The quantitative estimate of drug-likeness (QED) is 0.405. The lowest BCUT2D eigenvalue weighted by Crippen LogP contribution is -2.18. The molecule has 2 N–H and O–H groups in total. The fourth-order valence-corrected chi connectivity index (χ4v) is 4.14. The number of hydrogen-bond acceptors (Lipinski definition) is 7. The van der Waals surface area contributed by atoms with Gasteiger partial charge in [-0.3, -0.25) is 4.79 Å². The summed E-state index contributed by atoms with van der Waals surface area (Å²) in [5.41, 5.74) is 4.26. The molecule has 35 heavy (non-hydrogen) atoms. The maximum Gasteiger partial charge on any atom is 0.290 e. The summed E-state index contributed by atoms with van der Waals surface area (Å²) in [5, 5.41) is 30.2. The van der Waals surface area contributed by atoms with E-state index in [9.17, 15) is 10.1 Å². The third-order valence-corrected chi connectivity index (χ3v) is 5.67. The molecule has 5 rings (SSSR count). The lowest BCUT2D eigenvalue weighted by molar-refractivity contribution is 0.394. The Morgan fingerprint density at radius 3 is 2.43 bits per heavy atom. The minimum Gasteiger partial charge on any atom is -0.319 e. The van der Waals surface area contributed by atoms with E-state index >= 15 is 0 Å². The van der Waals surface area contributed by atoms with E-state index in [2.05, 4.69) is 56.6 Å². The van der Waals surface area contributed by atoms with Crippen molar-refractivity contribution in [3.63, 3.8) is 0 Å². The molecule has 0 spiro atoms. The van der Waals surface area contributed by atoms with Crippen molar-refractivity contribution < 1.29 is 0 Å². The normalized spacial score (nSPS) is 11.6. The van der Waals surface area contributed by atoms with Crippen molar-refractivity contribution in [2.75, 3.05) is 0 Å². The van der Waals surface area contributed by atoms with E-state index in [0.717, 1.165) is 28.1 Å². The topological polar surface area (TPSA) is 142 Å². The fourth-order valence-electron chi connectivity index (χ4n) is 4.14. The fraction of sp³-hybridized carbons (Fsp3) is 0.240. The average Bonchev–Trinajstić information content (AvgIpc) is 3.48. The van der Waals surface area contributed by atoms with E-state index in [1.54, 1.807) is 0 Å². The number of nitrogens with one attached hydrogen (secondary N) is 2. The number of nitrogens with zero attached hydrogens (tertiary/aromatic N) is 7. The third kappa shape index (κ3) is 4.31. The lowest BCUT2D eigenvalue weighted by atomic mass is 9.92. The van der Waals surface area contributed by atoms with Gasteiger partial charge in [0.25, 0.3) is 5.56 Å². The summed E-state index contributed by atoms with van der Waals surface area (Å²) >= 11 is 0. The molecular weight excluding hydrogens is 442 g/mol. The molecule has 2 aromatic carbocycles.